The van der Waals surface area contributed by atoms with Gasteiger partial charge >= 0.3 is 0 Å². The number of hydrogen-bond donors (Lipinski definition) is 1. The Hall–Kier alpha value is -3.55. The maximum atomic E-state index is 12.4. The number of aliphatic imine (C=N–C) groups is 1. The van der Waals surface area contributed by atoms with E-state index in [1.165, 1.54) is 11.8 Å². The van der Waals surface area contributed by atoms with Crippen molar-refractivity contribution in [3.63, 3.8) is 0 Å². The number of hydrogen-bond acceptors (Lipinski definition) is 4. The van der Waals surface area contributed by atoms with Gasteiger partial charge in [-0.05, 0) is 17.7 Å². The van der Waals surface area contributed by atoms with Crippen LogP contribution in [-0.2, 0) is 13.1 Å². The summed E-state index contributed by atoms with van der Waals surface area (Å²) in [6, 6.07) is 13.7. The van der Waals surface area contributed by atoms with Crippen molar-refractivity contribution >= 4 is 11.9 Å². The van der Waals surface area contributed by atoms with Crippen molar-refractivity contribution in [2.24, 2.45) is 4.99 Å². The Morgan fingerprint density at radius 1 is 1.07 bits per heavy atom. The zero-order valence-corrected chi connectivity index (χ0v) is 17.1. The van der Waals surface area contributed by atoms with Crippen LogP contribution in [0.25, 0.3) is 0 Å². The molecule has 0 aliphatic carbocycles. The largest absolute Gasteiger partial charge is 0.459 e. The predicted molar refractivity (Wildman–Crippen MR) is 114 cm³/mol. The van der Waals surface area contributed by atoms with Crippen LogP contribution in [0.2, 0.25) is 0 Å². The van der Waals surface area contributed by atoms with E-state index in [0.29, 0.717) is 25.4 Å². The third-order valence-electron chi connectivity index (χ3n) is 5.13. The van der Waals surface area contributed by atoms with Crippen molar-refractivity contribution < 1.29 is 9.21 Å². The first kappa shape index (κ1) is 19.8. The molecule has 1 amide bonds. The average molecular weight is 406 g/mol. The lowest BCUT2D eigenvalue weighted by Gasteiger charge is -2.36. The highest BCUT2D eigenvalue weighted by Gasteiger charge is 2.25. The van der Waals surface area contributed by atoms with Gasteiger partial charge in [0.25, 0.3) is 5.91 Å². The molecule has 0 radical (unpaired) electrons. The fraction of sp³-hybridized carbons (Fsp3) is 0.318. The number of carbonyl (C=O) groups excluding carboxylic acids is 1. The van der Waals surface area contributed by atoms with Crippen molar-refractivity contribution in [1.29, 1.82) is 0 Å². The summed E-state index contributed by atoms with van der Waals surface area (Å²) in [6.45, 7) is 4.11. The summed E-state index contributed by atoms with van der Waals surface area (Å²) in [7, 11) is 1.78. The van der Waals surface area contributed by atoms with Crippen LogP contribution in [0.4, 0.5) is 0 Å². The Labute approximate surface area is 175 Å². The zero-order valence-electron chi connectivity index (χ0n) is 17.1. The van der Waals surface area contributed by atoms with Crippen LogP contribution >= 0.6 is 0 Å². The number of nitrogens with zero attached hydrogens (tertiary/aromatic N) is 5. The van der Waals surface area contributed by atoms with E-state index in [2.05, 4.69) is 32.4 Å². The van der Waals surface area contributed by atoms with Gasteiger partial charge in [0.15, 0.2) is 11.7 Å². The minimum atomic E-state index is -0.0616. The summed E-state index contributed by atoms with van der Waals surface area (Å²) < 4.78 is 7.16. The molecule has 0 saturated carbocycles. The minimum Gasteiger partial charge on any atom is -0.459 e. The van der Waals surface area contributed by atoms with Gasteiger partial charge in [0.2, 0.25) is 0 Å². The number of benzene rings is 1. The second-order valence-corrected chi connectivity index (χ2v) is 7.19. The number of nitrogens with one attached hydrogen (secondary N) is 1. The van der Waals surface area contributed by atoms with Gasteiger partial charge < -0.3 is 19.5 Å². The van der Waals surface area contributed by atoms with Crippen molar-refractivity contribution in [3.05, 3.63) is 78.0 Å². The summed E-state index contributed by atoms with van der Waals surface area (Å²) in [5.41, 5.74) is 2.32. The van der Waals surface area contributed by atoms with E-state index >= 15 is 0 Å². The molecule has 1 N–H and O–H groups in total. The predicted octanol–water partition coefficient (Wildman–Crippen LogP) is 2.06. The number of rotatable bonds is 5. The number of carbonyl (C=O) groups is 1. The van der Waals surface area contributed by atoms with Crippen molar-refractivity contribution in [2.75, 3.05) is 33.2 Å². The van der Waals surface area contributed by atoms with Gasteiger partial charge in [-0.2, -0.15) is 5.10 Å². The molecule has 1 saturated heterocycles. The topological polar surface area (TPSA) is 78.9 Å². The standard InChI is InChI=1S/C22H26N6O2/c1-23-22(27-11-9-26(10-12-27)21(29)20-8-5-13-30-20)24-14-19-15-25-28(17-19)16-18-6-3-2-4-7-18/h2-8,13,15,17H,9-12,14,16H2,1H3,(H,23,24). The van der Waals surface area contributed by atoms with Crippen LogP contribution in [0.15, 0.2) is 70.5 Å². The lowest BCUT2D eigenvalue weighted by Crippen LogP contribution is -2.53. The highest BCUT2D eigenvalue weighted by atomic mass is 16.3. The van der Waals surface area contributed by atoms with E-state index in [0.717, 1.165) is 31.2 Å². The van der Waals surface area contributed by atoms with Crippen LogP contribution in [0.5, 0.6) is 0 Å². The van der Waals surface area contributed by atoms with Gasteiger partial charge in [-0.3, -0.25) is 14.5 Å². The summed E-state index contributed by atoms with van der Waals surface area (Å²) in [6.07, 6.45) is 5.45. The van der Waals surface area contributed by atoms with Gasteiger partial charge in [-0.1, -0.05) is 30.3 Å². The maximum absolute atomic E-state index is 12.4. The molecule has 4 rings (SSSR count). The van der Waals surface area contributed by atoms with Crippen LogP contribution in [0.3, 0.4) is 0 Å². The Kier molecular flexibility index (Phi) is 6.12. The van der Waals surface area contributed by atoms with E-state index < -0.39 is 0 Å². The Bertz CT molecular complexity index is 972. The normalized spacial score (nSPS) is 14.8. The summed E-state index contributed by atoms with van der Waals surface area (Å²) in [5, 5.41) is 7.86. The molecular weight excluding hydrogens is 380 g/mol. The number of piperazine rings is 1. The van der Waals surface area contributed by atoms with Crippen molar-refractivity contribution in [1.82, 2.24) is 24.9 Å². The smallest absolute Gasteiger partial charge is 0.289 e. The summed E-state index contributed by atoms with van der Waals surface area (Å²) in [5.74, 6) is 1.16. The molecule has 1 fully saturated rings. The average Bonchev–Trinajstić information content (AvgIpc) is 3.47. The lowest BCUT2D eigenvalue weighted by molar-refractivity contribution is 0.0657. The molecule has 2 aromatic heterocycles. The first-order chi connectivity index (χ1) is 14.7. The quantitative estimate of drug-likeness (QED) is 0.518. The third-order valence-corrected chi connectivity index (χ3v) is 5.13. The maximum Gasteiger partial charge on any atom is 0.289 e. The fourth-order valence-electron chi connectivity index (χ4n) is 3.55. The van der Waals surface area contributed by atoms with E-state index in [4.69, 9.17) is 4.42 Å². The van der Waals surface area contributed by atoms with E-state index in [1.807, 2.05) is 40.2 Å². The molecule has 1 aliphatic rings. The molecule has 1 aliphatic heterocycles. The number of guanidine groups is 1. The molecule has 0 bridgehead atoms. The van der Waals surface area contributed by atoms with Gasteiger partial charge in [0.05, 0.1) is 19.0 Å². The molecule has 0 unspecified atom stereocenters. The minimum absolute atomic E-state index is 0.0616. The Morgan fingerprint density at radius 2 is 1.83 bits per heavy atom. The first-order valence-corrected chi connectivity index (χ1v) is 10.1. The Balaban J connectivity index is 1.27. The number of aromatic nitrogens is 2. The van der Waals surface area contributed by atoms with Crippen LogP contribution in [0, 0.1) is 0 Å². The third kappa shape index (κ3) is 4.71. The molecule has 0 atom stereocenters. The molecule has 3 aromatic rings. The molecule has 8 heteroatoms. The van der Waals surface area contributed by atoms with E-state index in [-0.39, 0.29) is 5.91 Å². The SMILES string of the molecule is CN=C(NCc1cnn(Cc2ccccc2)c1)N1CCN(C(=O)c2ccco2)CC1. The molecule has 1 aromatic carbocycles. The monoisotopic (exact) mass is 406 g/mol. The molecule has 3 heterocycles. The fourth-order valence-corrected chi connectivity index (χ4v) is 3.55. The second-order valence-electron chi connectivity index (χ2n) is 7.19. The van der Waals surface area contributed by atoms with Gasteiger partial charge in [0, 0.05) is 51.5 Å². The van der Waals surface area contributed by atoms with Crippen LogP contribution < -0.4 is 5.32 Å². The number of furan rings is 1. The van der Waals surface area contributed by atoms with Crippen molar-refractivity contribution in [2.45, 2.75) is 13.1 Å². The summed E-state index contributed by atoms with van der Waals surface area (Å²) in [4.78, 5) is 20.8. The second kappa shape index (κ2) is 9.30. The highest BCUT2D eigenvalue weighted by Crippen LogP contribution is 2.10. The molecule has 0 spiro atoms. The zero-order chi connectivity index (χ0) is 20.8. The lowest BCUT2D eigenvalue weighted by atomic mass is 10.2. The van der Waals surface area contributed by atoms with Crippen LogP contribution in [-0.4, -0.2) is 64.7 Å². The molecule has 156 valence electrons. The van der Waals surface area contributed by atoms with Gasteiger partial charge in [-0.25, -0.2) is 0 Å². The van der Waals surface area contributed by atoms with E-state index in [1.54, 1.807) is 19.2 Å². The van der Waals surface area contributed by atoms with E-state index in [9.17, 15) is 4.79 Å². The van der Waals surface area contributed by atoms with Crippen LogP contribution in [0.1, 0.15) is 21.7 Å². The van der Waals surface area contributed by atoms with Crippen molar-refractivity contribution in [3.8, 4) is 0 Å². The highest BCUT2D eigenvalue weighted by molar-refractivity contribution is 5.91. The number of amides is 1. The Morgan fingerprint density at radius 3 is 2.53 bits per heavy atom. The molecular formula is C22H26N6O2. The molecule has 30 heavy (non-hydrogen) atoms. The first-order valence-electron chi connectivity index (χ1n) is 10.1. The summed E-state index contributed by atoms with van der Waals surface area (Å²) >= 11 is 0. The van der Waals surface area contributed by atoms with Gasteiger partial charge in [-0.15, -0.1) is 0 Å². The van der Waals surface area contributed by atoms with Gasteiger partial charge in [0.1, 0.15) is 0 Å². The molecule has 8 nitrogen and oxygen atoms in total.